The molecule has 0 saturated carbocycles. The van der Waals surface area contributed by atoms with Crippen molar-refractivity contribution in [1.29, 1.82) is 0 Å². The summed E-state index contributed by atoms with van der Waals surface area (Å²) in [5, 5.41) is 0. The highest BCUT2D eigenvalue weighted by atomic mass is 32.1. The number of carbonyl (C=O) groups is 1. The molecule has 0 atom stereocenters. The molecule has 0 unspecified atom stereocenters. The number of pyridine rings is 1. The number of esters is 1. The zero-order chi connectivity index (χ0) is 13.1. The predicted molar refractivity (Wildman–Crippen MR) is 72.7 cm³/mol. The van der Waals surface area contributed by atoms with E-state index in [2.05, 4.69) is 4.98 Å². The van der Waals surface area contributed by atoms with E-state index in [1.807, 2.05) is 25.1 Å². The number of thiophene rings is 1. The van der Waals surface area contributed by atoms with E-state index >= 15 is 0 Å². The average Bonchev–Trinajstić information content (AvgIpc) is 2.75. The third-order valence-corrected chi connectivity index (χ3v) is 3.96. The molecule has 0 spiro atoms. The van der Waals surface area contributed by atoms with E-state index in [1.54, 1.807) is 6.20 Å². The van der Waals surface area contributed by atoms with Gasteiger partial charge in [0.15, 0.2) is 0 Å². The van der Waals surface area contributed by atoms with Crippen molar-refractivity contribution in [1.82, 2.24) is 4.98 Å². The Kier molecular flexibility index (Phi) is 3.62. The largest absolute Gasteiger partial charge is 0.465 e. The quantitative estimate of drug-likeness (QED) is 0.864. The molecule has 18 heavy (non-hydrogen) atoms. The fraction of sp³-hybridized carbons (Fsp3) is 0.231. The van der Waals surface area contributed by atoms with Crippen molar-refractivity contribution in [2.75, 3.05) is 12.8 Å². The Labute approximate surface area is 109 Å². The SMILES string of the molecule is CCc1sc(C(=O)OC)c(N)c1-c1ccccn1. The van der Waals surface area contributed by atoms with Gasteiger partial charge in [0.1, 0.15) is 4.88 Å². The van der Waals surface area contributed by atoms with E-state index in [0.717, 1.165) is 22.6 Å². The number of aromatic nitrogens is 1. The molecule has 94 valence electrons. The van der Waals surface area contributed by atoms with Crippen LogP contribution in [0.3, 0.4) is 0 Å². The molecule has 0 saturated heterocycles. The lowest BCUT2D eigenvalue weighted by atomic mass is 10.1. The molecule has 0 aromatic carbocycles. The summed E-state index contributed by atoms with van der Waals surface area (Å²) in [7, 11) is 1.35. The van der Waals surface area contributed by atoms with Gasteiger partial charge in [0.25, 0.3) is 0 Å². The van der Waals surface area contributed by atoms with Crippen LogP contribution in [0.5, 0.6) is 0 Å². The Balaban J connectivity index is 2.60. The van der Waals surface area contributed by atoms with Crippen LogP contribution in [0.2, 0.25) is 0 Å². The van der Waals surface area contributed by atoms with Crippen LogP contribution in [-0.4, -0.2) is 18.1 Å². The van der Waals surface area contributed by atoms with Crippen LogP contribution in [-0.2, 0) is 11.2 Å². The Bertz CT molecular complexity index is 564. The topological polar surface area (TPSA) is 65.2 Å². The van der Waals surface area contributed by atoms with Crippen LogP contribution in [0.4, 0.5) is 5.69 Å². The molecule has 0 aliphatic heterocycles. The minimum Gasteiger partial charge on any atom is -0.465 e. The molecule has 0 bridgehead atoms. The molecular formula is C13H14N2O2S. The van der Waals surface area contributed by atoms with Gasteiger partial charge < -0.3 is 10.5 Å². The van der Waals surface area contributed by atoms with Gasteiger partial charge in [0.2, 0.25) is 0 Å². The van der Waals surface area contributed by atoms with E-state index in [0.29, 0.717) is 10.6 Å². The summed E-state index contributed by atoms with van der Waals surface area (Å²) < 4.78 is 4.74. The number of methoxy groups -OCH3 is 1. The molecule has 4 nitrogen and oxygen atoms in total. The highest BCUT2D eigenvalue weighted by Gasteiger charge is 2.22. The van der Waals surface area contributed by atoms with Gasteiger partial charge in [0, 0.05) is 16.6 Å². The van der Waals surface area contributed by atoms with Crippen LogP contribution in [0, 0.1) is 0 Å². The van der Waals surface area contributed by atoms with Crippen LogP contribution in [0.15, 0.2) is 24.4 Å². The van der Waals surface area contributed by atoms with Gasteiger partial charge in [-0.1, -0.05) is 13.0 Å². The second kappa shape index (κ2) is 5.18. The summed E-state index contributed by atoms with van der Waals surface area (Å²) in [6.07, 6.45) is 2.52. The van der Waals surface area contributed by atoms with Gasteiger partial charge in [0.05, 0.1) is 18.5 Å². The van der Waals surface area contributed by atoms with Crippen molar-refractivity contribution >= 4 is 23.0 Å². The van der Waals surface area contributed by atoms with Crippen molar-refractivity contribution < 1.29 is 9.53 Å². The fourth-order valence-corrected chi connectivity index (χ4v) is 2.86. The second-order valence-corrected chi connectivity index (χ2v) is 4.81. The Morgan fingerprint density at radius 2 is 2.28 bits per heavy atom. The molecule has 0 aliphatic carbocycles. The van der Waals surface area contributed by atoms with Gasteiger partial charge >= 0.3 is 5.97 Å². The number of nitrogens with zero attached hydrogens (tertiary/aromatic N) is 1. The minimum absolute atomic E-state index is 0.394. The average molecular weight is 262 g/mol. The summed E-state index contributed by atoms with van der Waals surface area (Å²) in [5.41, 5.74) is 8.16. The van der Waals surface area contributed by atoms with Crippen LogP contribution < -0.4 is 5.73 Å². The van der Waals surface area contributed by atoms with E-state index in [4.69, 9.17) is 10.5 Å². The number of aryl methyl sites for hydroxylation is 1. The summed E-state index contributed by atoms with van der Waals surface area (Å²) in [6, 6.07) is 5.63. The molecule has 2 aromatic heterocycles. The number of hydrogen-bond donors (Lipinski definition) is 1. The Morgan fingerprint density at radius 3 is 2.83 bits per heavy atom. The van der Waals surface area contributed by atoms with Crippen molar-refractivity contribution in [3.63, 3.8) is 0 Å². The van der Waals surface area contributed by atoms with E-state index in [1.165, 1.54) is 18.4 Å². The zero-order valence-electron chi connectivity index (χ0n) is 10.3. The summed E-state index contributed by atoms with van der Waals surface area (Å²) in [5.74, 6) is -0.394. The molecule has 2 rings (SSSR count). The molecular weight excluding hydrogens is 248 g/mol. The van der Waals surface area contributed by atoms with Gasteiger partial charge in [-0.25, -0.2) is 4.79 Å². The Morgan fingerprint density at radius 1 is 1.50 bits per heavy atom. The minimum atomic E-state index is -0.394. The highest BCUT2D eigenvalue weighted by molar-refractivity contribution is 7.15. The van der Waals surface area contributed by atoms with E-state index in [9.17, 15) is 4.79 Å². The number of rotatable bonds is 3. The molecule has 2 aromatic rings. The lowest BCUT2D eigenvalue weighted by molar-refractivity contribution is 0.0607. The molecule has 0 radical (unpaired) electrons. The maximum atomic E-state index is 11.6. The fourth-order valence-electron chi connectivity index (χ4n) is 1.78. The lowest BCUT2D eigenvalue weighted by Crippen LogP contribution is -2.02. The molecule has 2 N–H and O–H groups in total. The lowest BCUT2D eigenvalue weighted by Gasteiger charge is -2.02. The standard InChI is InChI=1S/C13H14N2O2S/c1-3-9-10(8-6-4-5-7-15-8)11(14)12(18-9)13(16)17-2/h4-7H,3,14H2,1-2H3. The summed E-state index contributed by atoms with van der Waals surface area (Å²) >= 11 is 1.37. The second-order valence-electron chi connectivity index (χ2n) is 3.70. The Hall–Kier alpha value is -1.88. The first kappa shape index (κ1) is 12.6. The van der Waals surface area contributed by atoms with Crippen LogP contribution >= 0.6 is 11.3 Å². The van der Waals surface area contributed by atoms with Crippen LogP contribution in [0.25, 0.3) is 11.3 Å². The van der Waals surface area contributed by atoms with Crippen molar-refractivity contribution in [3.05, 3.63) is 34.2 Å². The van der Waals surface area contributed by atoms with E-state index in [-0.39, 0.29) is 0 Å². The first-order valence-corrected chi connectivity index (χ1v) is 6.41. The number of hydrogen-bond acceptors (Lipinski definition) is 5. The third-order valence-electron chi connectivity index (χ3n) is 2.63. The molecule has 0 amide bonds. The third kappa shape index (κ3) is 2.09. The normalized spacial score (nSPS) is 10.3. The van der Waals surface area contributed by atoms with Gasteiger partial charge in [-0.3, -0.25) is 4.98 Å². The molecule has 2 heterocycles. The number of nitrogen functional groups attached to an aromatic ring is 1. The monoisotopic (exact) mass is 262 g/mol. The number of nitrogens with two attached hydrogens (primary N) is 1. The smallest absolute Gasteiger partial charge is 0.350 e. The number of carbonyl (C=O) groups excluding carboxylic acids is 1. The van der Waals surface area contributed by atoms with Gasteiger partial charge in [-0.2, -0.15) is 0 Å². The highest BCUT2D eigenvalue weighted by Crippen LogP contribution is 2.38. The maximum Gasteiger partial charge on any atom is 0.350 e. The molecule has 0 fully saturated rings. The molecule has 0 aliphatic rings. The first-order chi connectivity index (χ1) is 8.69. The first-order valence-electron chi connectivity index (χ1n) is 5.59. The number of ether oxygens (including phenoxy) is 1. The van der Waals surface area contributed by atoms with Crippen molar-refractivity contribution in [2.24, 2.45) is 0 Å². The van der Waals surface area contributed by atoms with Gasteiger partial charge in [-0.05, 0) is 18.6 Å². The maximum absolute atomic E-state index is 11.6. The zero-order valence-corrected chi connectivity index (χ0v) is 11.1. The summed E-state index contributed by atoms with van der Waals surface area (Å²) in [4.78, 5) is 17.4. The van der Waals surface area contributed by atoms with Crippen molar-refractivity contribution in [2.45, 2.75) is 13.3 Å². The van der Waals surface area contributed by atoms with Gasteiger partial charge in [-0.15, -0.1) is 11.3 Å². The van der Waals surface area contributed by atoms with E-state index < -0.39 is 5.97 Å². The van der Waals surface area contributed by atoms with Crippen molar-refractivity contribution in [3.8, 4) is 11.3 Å². The number of anilines is 1. The predicted octanol–water partition coefficient (Wildman–Crippen LogP) is 2.74. The van der Waals surface area contributed by atoms with Crippen LogP contribution in [0.1, 0.15) is 21.5 Å². The summed E-state index contributed by atoms with van der Waals surface area (Å²) in [6.45, 7) is 2.03. The molecule has 5 heteroatoms.